The van der Waals surface area contributed by atoms with Crippen molar-refractivity contribution in [1.29, 1.82) is 0 Å². The average Bonchev–Trinajstić information content (AvgIpc) is 3.04. The maximum absolute atomic E-state index is 12.7. The Kier molecular flexibility index (Phi) is 4.60. The molecule has 5 heteroatoms. The zero-order chi connectivity index (χ0) is 17.1. The Morgan fingerprint density at radius 3 is 2.58 bits per heavy atom. The van der Waals surface area contributed by atoms with Gasteiger partial charge < -0.3 is 10.0 Å². The zero-order valence-corrected chi connectivity index (χ0v) is 13.6. The SMILES string of the molecule is Cc1ccc(C[C@H]2CCCN2C(=O)c2ccc(C(=O)O)nc2)cc1. The van der Waals surface area contributed by atoms with Crippen molar-refractivity contribution < 1.29 is 14.7 Å². The molecule has 1 atom stereocenters. The number of amides is 1. The number of carboxylic acids is 1. The van der Waals surface area contributed by atoms with E-state index in [1.807, 2.05) is 4.90 Å². The maximum Gasteiger partial charge on any atom is 0.354 e. The lowest BCUT2D eigenvalue weighted by atomic mass is 10.0. The van der Waals surface area contributed by atoms with Crippen LogP contribution in [0.1, 0.15) is 44.8 Å². The summed E-state index contributed by atoms with van der Waals surface area (Å²) in [6.07, 6.45) is 4.17. The Bertz CT molecular complexity index is 738. The molecule has 3 rings (SSSR count). The monoisotopic (exact) mass is 324 g/mol. The Labute approximate surface area is 140 Å². The second-order valence-electron chi connectivity index (χ2n) is 6.22. The van der Waals surface area contributed by atoms with Gasteiger partial charge >= 0.3 is 5.97 Å². The molecule has 24 heavy (non-hydrogen) atoms. The number of carbonyl (C=O) groups is 2. The van der Waals surface area contributed by atoms with Crippen molar-refractivity contribution in [2.75, 3.05) is 6.54 Å². The van der Waals surface area contributed by atoms with Gasteiger partial charge in [0.15, 0.2) is 0 Å². The van der Waals surface area contributed by atoms with Crippen molar-refractivity contribution in [3.05, 3.63) is 65.0 Å². The molecule has 1 N–H and O–H groups in total. The Hall–Kier alpha value is -2.69. The second-order valence-corrected chi connectivity index (χ2v) is 6.22. The quantitative estimate of drug-likeness (QED) is 0.938. The molecule has 1 aliphatic rings. The molecule has 1 amide bonds. The highest BCUT2D eigenvalue weighted by Crippen LogP contribution is 2.23. The van der Waals surface area contributed by atoms with E-state index in [-0.39, 0.29) is 17.6 Å². The van der Waals surface area contributed by atoms with E-state index in [4.69, 9.17) is 5.11 Å². The molecule has 1 aliphatic heterocycles. The first-order valence-corrected chi connectivity index (χ1v) is 8.10. The molecule has 2 aromatic rings. The second kappa shape index (κ2) is 6.83. The number of aryl methyl sites for hydroxylation is 1. The largest absolute Gasteiger partial charge is 0.477 e. The first kappa shape index (κ1) is 16.2. The van der Waals surface area contributed by atoms with Gasteiger partial charge in [-0.1, -0.05) is 29.8 Å². The van der Waals surface area contributed by atoms with E-state index in [2.05, 4.69) is 36.2 Å². The highest BCUT2D eigenvalue weighted by atomic mass is 16.4. The van der Waals surface area contributed by atoms with E-state index in [9.17, 15) is 9.59 Å². The van der Waals surface area contributed by atoms with Gasteiger partial charge in [0.25, 0.3) is 5.91 Å². The standard InChI is InChI=1S/C19H20N2O3/c1-13-4-6-14(7-5-13)11-16-3-2-10-21(16)18(22)15-8-9-17(19(23)24)20-12-15/h4-9,12,16H,2-3,10-11H2,1H3,(H,23,24)/t16-/m1/s1. The molecular weight excluding hydrogens is 304 g/mol. The van der Waals surface area contributed by atoms with Crippen LogP contribution in [-0.4, -0.2) is 39.5 Å². The molecule has 1 fully saturated rings. The number of pyridine rings is 1. The maximum atomic E-state index is 12.7. The number of nitrogens with zero attached hydrogens (tertiary/aromatic N) is 2. The number of benzene rings is 1. The van der Waals surface area contributed by atoms with Gasteiger partial charge in [-0.25, -0.2) is 9.78 Å². The third kappa shape index (κ3) is 3.45. The summed E-state index contributed by atoms with van der Waals surface area (Å²) < 4.78 is 0. The predicted molar refractivity (Wildman–Crippen MR) is 90.1 cm³/mol. The summed E-state index contributed by atoms with van der Waals surface area (Å²) in [4.78, 5) is 29.3. The van der Waals surface area contributed by atoms with Crippen LogP contribution in [0.25, 0.3) is 0 Å². The number of hydrogen-bond acceptors (Lipinski definition) is 3. The van der Waals surface area contributed by atoms with Gasteiger partial charge in [0.1, 0.15) is 5.69 Å². The van der Waals surface area contributed by atoms with Gasteiger partial charge in [-0.3, -0.25) is 4.79 Å². The fourth-order valence-electron chi connectivity index (χ4n) is 3.12. The molecule has 1 aromatic heterocycles. The number of carbonyl (C=O) groups excluding carboxylic acids is 1. The topological polar surface area (TPSA) is 70.5 Å². The van der Waals surface area contributed by atoms with Crippen LogP contribution >= 0.6 is 0 Å². The zero-order valence-electron chi connectivity index (χ0n) is 13.6. The summed E-state index contributed by atoms with van der Waals surface area (Å²) in [7, 11) is 0. The van der Waals surface area contributed by atoms with Gasteiger partial charge in [0.05, 0.1) is 5.56 Å². The predicted octanol–water partition coefficient (Wildman–Crippen LogP) is 2.94. The van der Waals surface area contributed by atoms with E-state index in [1.165, 1.54) is 23.4 Å². The van der Waals surface area contributed by atoms with Gasteiger partial charge in [0.2, 0.25) is 0 Å². The van der Waals surface area contributed by atoms with Crippen molar-refractivity contribution >= 4 is 11.9 Å². The number of aromatic carboxylic acids is 1. The van der Waals surface area contributed by atoms with Crippen molar-refractivity contribution in [2.24, 2.45) is 0 Å². The van der Waals surface area contributed by atoms with Crippen LogP contribution in [0.5, 0.6) is 0 Å². The molecule has 1 saturated heterocycles. The van der Waals surface area contributed by atoms with E-state index < -0.39 is 5.97 Å². The summed E-state index contributed by atoms with van der Waals surface area (Å²) in [5.41, 5.74) is 2.84. The lowest BCUT2D eigenvalue weighted by Gasteiger charge is -2.25. The third-order valence-corrected chi connectivity index (χ3v) is 4.46. The van der Waals surface area contributed by atoms with E-state index in [1.54, 1.807) is 6.07 Å². The molecular formula is C19H20N2O3. The first-order valence-electron chi connectivity index (χ1n) is 8.10. The molecule has 1 aromatic carbocycles. The molecule has 5 nitrogen and oxygen atoms in total. The number of likely N-dealkylation sites (tertiary alicyclic amines) is 1. The van der Waals surface area contributed by atoms with Crippen molar-refractivity contribution in [3.8, 4) is 0 Å². The van der Waals surface area contributed by atoms with Crippen molar-refractivity contribution in [3.63, 3.8) is 0 Å². The lowest BCUT2D eigenvalue weighted by Crippen LogP contribution is -2.36. The van der Waals surface area contributed by atoms with Crippen LogP contribution in [0.4, 0.5) is 0 Å². The minimum Gasteiger partial charge on any atom is -0.477 e. The Morgan fingerprint density at radius 2 is 1.96 bits per heavy atom. The fourth-order valence-corrected chi connectivity index (χ4v) is 3.12. The minimum atomic E-state index is -1.09. The first-order chi connectivity index (χ1) is 11.5. The van der Waals surface area contributed by atoms with Gasteiger partial charge in [-0.05, 0) is 43.9 Å². The summed E-state index contributed by atoms with van der Waals surface area (Å²) in [6, 6.07) is 11.5. The van der Waals surface area contributed by atoms with Gasteiger partial charge in [-0.2, -0.15) is 0 Å². The Morgan fingerprint density at radius 1 is 1.21 bits per heavy atom. The van der Waals surface area contributed by atoms with Crippen LogP contribution in [0.2, 0.25) is 0 Å². The molecule has 0 radical (unpaired) electrons. The van der Waals surface area contributed by atoms with Gasteiger partial charge in [0, 0.05) is 18.8 Å². The number of rotatable bonds is 4. The summed E-state index contributed by atoms with van der Waals surface area (Å²) in [6.45, 7) is 2.79. The molecule has 0 bridgehead atoms. The van der Waals surface area contributed by atoms with Crippen LogP contribution in [0, 0.1) is 6.92 Å². The average molecular weight is 324 g/mol. The normalized spacial score (nSPS) is 17.0. The smallest absolute Gasteiger partial charge is 0.354 e. The van der Waals surface area contributed by atoms with Crippen molar-refractivity contribution in [1.82, 2.24) is 9.88 Å². The van der Waals surface area contributed by atoms with Crippen LogP contribution in [0.3, 0.4) is 0 Å². The minimum absolute atomic E-state index is 0.0517. The molecule has 124 valence electrons. The molecule has 0 spiro atoms. The number of hydrogen-bond donors (Lipinski definition) is 1. The molecule has 0 aliphatic carbocycles. The van der Waals surface area contributed by atoms with E-state index in [0.717, 1.165) is 25.8 Å². The van der Waals surface area contributed by atoms with E-state index >= 15 is 0 Å². The van der Waals surface area contributed by atoms with Gasteiger partial charge in [-0.15, -0.1) is 0 Å². The summed E-state index contributed by atoms with van der Waals surface area (Å²) in [5, 5.41) is 8.89. The Balaban J connectivity index is 1.73. The lowest BCUT2D eigenvalue weighted by molar-refractivity contribution is 0.0685. The van der Waals surface area contributed by atoms with Crippen LogP contribution in [-0.2, 0) is 6.42 Å². The highest BCUT2D eigenvalue weighted by molar-refractivity contribution is 5.95. The molecule has 2 heterocycles. The molecule has 0 saturated carbocycles. The highest BCUT2D eigenvalue weighted by Gasteiger charge is 2.29. The fraction of sp³-hybridized carbons (Fsp3) is 0.316. The van der Waals surface area contributed by atoms with E-state index in [0.29, 0.717) is 5.56 Å². The van der Waals surface area contributed by atoms with Crippen LogP contribution < -0.4 is 0 Å². The molecule has 0 unspecified atom stereocenters. The van der Waals surface area contributed by atoms with Crippen LogP contribution in [0.15, 0.2) is 42.6 Å². The number of aromatic nitrogens is 1. The van der Waals surface area contributed by atoms with Crippen molar-refractivity contribution in [2.45, 2.75) is 32.2 Å². The number of carboxylic acid groups (broad SMARTS) is 1. The summed E-state index contributed by atoms with van der Waals surface area (Å²) in [5.74, 6) is -1.17. The third-order valence-electron chi connectivity index (χ3n) is 4.46. The summed E-state index contributed by atoms with van der Waals surface area (Å²) >= 11 is 0.